The van der Waals surface area contributed by atoms with Crippen molar-refractivity contribution in [3.8, 4) is 5.75 Å². The van der Waals surface area contributed by atoms with Crippen LogP contribution in [0.15, 0.2) is 24.3 Å². The van der Waals surface area contributed by atoms with Crippen LogP contribution in [0, 0.1) is 0 Å². The maximum Gasteiger partial charge on any atom is 0.308 e. The first kappa shape index (κ1) is 9.45. The fraction of sp³-hybridized carbons (Fsp3) is 0.200. The van der Waals surface area contributed by atoms with Gasteiger partial charge in [-0.05, 0) is 6.07 Å². The summed E-state index contributed by atoms with van der Waals surface area (Å²) in [6, 6.07) is 6.89. The van der Waals surface area contributed by atoms with Gasteiger partial charge in [-0.3, -0.25) is 9.59 Å². The van der Waals surface area contributed by atoms with Crippen molar-refractivity contribution in [3.05, 3.63) is 29.8 Å². The molecule has 0 aliphatic heterocycles. The van der Waals surface area contributed by atoms with Crippen LogP contribution in [0.4, 0.5) is 0 Å². The van der Waals surface area contributed by atoms with Crippen molar-refractivity contribution < 1.29 is 14.3 Å². The number of para-hydroxylation sites is 1. The summed E-state index contributed by atoms with van der Waals surface area (Å²) in [6.45, 7) is 1.32. The molecule has 0 saturated carbocycles. The van der Waals surface area contributed by atoms with E-state index in [2.05, 4.69) is 0 Å². The van der Waals surface area contributed by atoms with Gasteiger partial charge in [-0.2, -0.15) is 0 Å². The van der Waals surface area contributed by atoms with E-state index in [1.165, 1.54) is 6.92 Å². The highest BCUT2D eigenvalue weighted by molar-refractivity contribution is 5.70. The molecule has 0 amide bonds. The molecule has 1 aromatic rings. The Morgan fingerprint density at radius 2 is 2.15 bits per heavy atom. The number of benzene rings is 1. The summed E-state index contributed by atoms with van der Waals surface area (Å²) in [5.74, 6) is 0.0386. The Kier molecular flexibility index (Phi) is 3.20. The van der Waals surface area contributed by atoms with Crippen molar-refractivity contribution in [1.82, 2.24) is 0 Å². The number of carbonyl (C=O) groups is 1. The molecule has 0 aromatic heterocycles. The Hall–Kier alpha value is -1.64. The van der Waals surface area contributed by atoms with E-state index >= 15 is 0 Å². The van der Waals surface area contributed by atoms with Crippen LogP contribution in [-0.4, -0.2) is 12.3 Å². The van der Waals surface area contributed by atoms with E-state index in [0.29, 0.717) is 11.3 Å². The SMILES string of the molecule is CC(=O)Oc1ccccc1C[C]=O. The number of carbonyl (C=O) groups excluding carboxylic acids is 2. The molecule has 67 valence electrons. The fourth-order valence-corrected chi connectivity index (χ4v) is 0.982. The first-order valence-electron chi connectivity index (χ1n) is 3.85. The van der Waals surface area contributed by atoms with Gasteiger partial charge < -0.3 is 4.74 Å². The molecule has 1 rings (SSSR count). The lowest BCUT2D eigenvalue weighted by molar-refractivity contribution is -0.131. The smallest absolute Gasteiger partial charge is 0.308 e. The molecule has 0 aliphatic carbocycles. The molecule has 0 fully saturated rings. The molecule has 1 radical (unpaired) electrons. The summed E-state index contributed by atoms with van der Waals surface area (Å²) in [5.41, 5.74) is 0.674. The third-order valence-electron chi connectivity index (χ3n) is 1.49. The predicted molar refractivity (Wildman–Crippen MR) is 47.1 cm³/mol. The zero-order chi connectivity index (χ0) is 9.68. The number of rotatable bonds is 3. The molecule has 1 aromatic carbocycles. The zero-order valence-electron chi connectivity index (χ0n) is 7.24. The Balaban J connectivity index is 2.90. The second kappa shape index (κ2) is 4.40. The van der Waals surface area contributed by atoms with Crippen molar-refractivity contribution in [2.75, 3.05) is 0 Å². The summed E-state index contributed by atoms with van der Waals surface area (Å²) < 4.78 is 4.88. The third kappa shape index (κ3) is 2.71. The van der Waals surface area contributed by atoms with Crippen LogP contribution in [0.1, 0.15) is 12.5 Å². The van der Waals surface area contributed by atoms with Gasteiger partial charge in [0, 0.05) is 18.9 Å². The minimum Gasteiger partial charge on any atom is -0.426 e. The molecule has 0 atom stereocenters. The molecular weight excluding hydrogens is 168 g/mol. The quantitative estimate of drug-likeness (QED) is 0.515. The van der Waals surface area contributed by atoms with Gasteiger partial charge in [0.25, 0.3) is 0 Å². The van der Waals surface area contributed by atoms with Gasteiger partial charge in [-0.25, -0.2) is 0 Å². The van der Waals surface area contributed by atoms with E-state index in [-0.39, 0.29) is 6.42 Å². The summed E-state index contributed by atoms with van der Waals surface area (Å²) in [5, 5.41) is 0. The normalized spacial score (nSPS) is 9.31. The number of hydrogen-bond donors (Lipinski definition) is 0. The van der Waals surface area contributed by atoms with Gasteiger partial charge in [0.15, 0.2) is 0 Å². The summed E-state index contributed by atoms with van der Waals surface area (Å²) in [6.07, 6.45) is 1.90. The molecule has 0 bridgehead atoms. The Morgan fingerprint density at radius 1 is 1.46 bits per heavy atom. The number of ether oxygens (including phenoxy) is 1. The average Bonchev–Trinajstić information content (AvgIpc) is 2.08. The van der Waals surface area contributed by atoms with Crippen LogP contribution in [0.5, 0.6) is 5.75 Å². The highest BCUT2D eigenvalue weighted by Crippen LogP contribution is 2.17. The Bertz CT molecular complexity index is 318. The highest BCUT2D eigenvalue weighted by atomic mass is 16.5. The van der Waals surface area contributed by atoms with E-state index in [9.17, 15) is 9.59 Å². The van der Waals surface area contributed by atoms with Gasteiger partial charge in [-0.15, -0.1) is 0 Å². The van der Waals surface area contributed by atoms with E-state index in [1.54, 1.807) is 30.6 Å². The second-order valence-electron chi connectivity index (χ2n) is 2.52. The van der Waals surface area contributed by atoms with E-state index in [0.717, 1.165) is 0 Å². The molecule has 0 unspecified atom stereocenters. The maximum atomic E-state index is 10.6. The van der Waals surface area contributed by atoms with E-state index in [1.807, 2.05) is 0 Å². The topological polar surface area (TPSA) is 43.4 Å². The standard InChI is InChI=1S/C10H9O3/c1-8(12)13-10-5-3-2-4-9(10)6-7-11/h2-5H,6H2,1H3. The monoisotopic (exact) mass is 177 g/mol. The molecule has 0 heterocycles. The van der Waals surface area contributed by atoms with Gasteiger partial charge in [-0.1, -0.05) is 18.2 Å². The summed E-state index contributed by atoms with van der Waals surface area (Å²) >= 11 is 0. The zero-order valence-corrected chi connectivity index (χ0v) is 7.24. The Morgan fingerprint density at radius 3 is 2.77 bits per heavy atom. The van der Waals surface area contributed by atoms with Crippen molar-refractivity contribution in [2.24, 2.45) is 0 Å². The van der Waals surface area contributed by atoms with Crippen molar-refractivity contribution >= 4 is 12.3 Å². The van der Waals surface area contributed by atoms with Crippen LogP contribution in [0.3, 0.4) is 0 Å². The fourth-order valence-electron chi connectivity index (χ4n) is 0.982. The van der Waals surface area contributed by atoms with Crippen LogP contribution < -0.4 is 4.74 Å². The van der Waals surface area contributed by atoms with Crippen molar-refractivity contribution in [3.63, 3.8) is 0 Å². The first-order valence-corrected chi connectivity index (χ1v) is 3.85. The van der Waals surface area contributed by atoms with Crippen LogP contribution in [-0.2, 0) is 16.0 Å². The van der Waals surface area contributed by atoms with Gasteiger partial charge in [0.2, 0.25) is 6.29 Å². The number of hydrogen-bond acceptors (Lipinski definition) is 3. The second-order valence-corrected chi connectivity index (χ2v) is 2.52. The van der Waals surface area contributed by atoms with Crippen molar-refractivity contribution in [2.45, 2.75) is 13.3 Å². The van der Waals surface area contributed by atoms with Gasteiger partial charge in [0.1, 0.15) is 5.75 Å². The molecule has 13 heavy (non-hydrogen) atoms. The third-order valence-corrected chi connectivity index (χ3v) is 1.49. The summed E-state index contributed by atoms with van der Waals surface area (Å²) in [4.78, 5) is 20.8. The van der Waals surface area contributed by atoms with Crippen molar-refractivity contribution in [1.29, 1.82) is 0 Å². The Labute approximate surface area is 76.3 Å². The average molecular weight is 177 g/mol. The molecule has 3 heteroatoms. The molecule has 0 N–H and O–H groups in total. The lowest BCUT2D eigenvalue weighted by Crippen LogP contribution is -2.04. The van der Waals surface area contributed by atoms with Crippen LogP contribution in [0.2, 0.25) is 0 Å². The minimum absolute atomic E-state index is 0.142. The van der Waals surface area contributed by atoms with E-state index in [4.69, 9.17) is 4.74 Å². The molecule has 3 nitrogen and oxygen atoms in total. The van der Waals surface area contributed by atoms with Crippen LogP contribution in [0.25, 0.3) is 0 Å². The molecular formula is C10H9O3. The molecule has 0 aliphatic rings. The largest absolute Gasteiger partial charge is 0.426 e. The minimum atomic E-state index is -0.390. The van der Waals surface area contributed by atoms with Gasteiger partial charge in [0.05, 0.1) is 0 Å². The maximum absolute atomic E-state index is 10.6. The van der Waals surface area contributed by atoms with Crippen LogP contribution >= 0.6 is 0 Å². The number of esters is 1. The van der Waals surface area contributed by atoms with Gasteiger partial charge >= 0.3 is 5.97 Å². The lowest BCUT2D eigenvalue weighted by Gasteiger charge is -2.04. The predicted octanol–water partition coefficient (Wildman–Crippen LogP) is 1.26. The molecule has 0 spiro atoms. The lowest BCUT2D eigenvalue weighted by atomic mass is 10.1. The van der Waals surface area contributed by atoms with E-state index < -0.39 is 5.97 Å². The first-order chi connectivity index (χ1) is 6.24. The summed E-state index contributed by atoms with van der Waals surface area (Å²) in [7, 11) is 0. The molecule has 0 saturated heterocycles. The highest BCUT2D eigenvalue weighted by Gasteiger charge is 2.04.